The predicted octanol–water partition coefficient (Wildman–Crippen LogP) is 3.26. The average molecular weight is 370 g/mol. The van der Waals surface area contributed by atoms with Crippen molar-refractivity contribution in [3.8, 4) is 5.75 Å². The fraction of sp³-hybridized carbons (Fsp3) is 0.438. The van der Waals surface area contributed by atoms with Crippen LogP contribution in [0.4, 0.5) is 0 Å². The van der Waals surface area contributed by atoms with E-state index in [0.717, 1.165) is 15.7 Å². The van der Waals surface area contributed by atoms with Gasteiger partial charge in [0.05, 0.1) is 11.3 Å². The van der Waals surface area contributed by atoms with Gasteiger partial charge in [-0.25, -0.2) is 0 Å². The third-order valence-electron chi connectivity index (χ3n) is 4.00. The first kappa shape index (κ1) is 16.9. The number of carbonyl (C=O) groups excluding carboxylic acids is 1. The summed E-state index contributed by atoms with van der Waals surface area (Å²) in [7, 11) is 1.68. The van der Waals surface area contributed by atoms with Crippen molar-refractivity contribution < 1.29 is 14.3 Å². The maximum absolute atomic E-state index is 12.7. The number of benzene rings is 1. The Labute approximate surface area is 149 Å². The molecule has 3 rings (SSSR count). The molecule has 2 aliphatic heterocycles. The van der Waals surface area contributed by atoms with Crippen molar-refractivity contribution in [2.24, 2.45) is 0 Å². The Kier molecular flexibility index (Phi) is 5.08. The molecule has 0 bridgehead atoms. The maximum atomic E-state index is 12.7. The zero-order valence-electron chi connectivity index (χ0n) is 13.3. The van der Waals surface area contributed by atoms with E-state index in [0.29, 0.717) is 12.3 Å². The number of para-hydroxylation sites is 1. The average Bonchev–Trinajstić information content (AvgIpc) is 2.74. The summed E-state index contributed by atoms with van der Waals surface area (Å²) in [5.41, 5.74) is 0. The Morgan fingerprint density at radius 2 is 2.04 bits per heavy atom. The van der Waals surface area contributed by atoms with Gasteiger partial charge in [0, 0.05) is 12.3 Å². The van der Waals surface area contributed by atoms with E-state index < -0.39 is 11.0 Å². The Bertz CT molecular complexity index is 622. The molecule has 0 N–H and O–H groups in total. The summed E-state index contributed by atoms with van der Waals surface area (Å²) in [5.74, 6) is 2.44. The number of carbonyl (C=O) groups is 1. The zero-order valence-corrected chi connectivity index (χ0v) is 15.7. The van der Waals surface area contributed by atoms with Gasteiger partial charge < -0.3 is 14.4 Å². The highest BCUT2D eigenvalue weighted by atomic mass is 32.2. The third-order valence-corrected chi connectivity index (χ3v) is 7.49. The second-order valence-electron chi connectivity index (χ2n) is 5.07. The molecule has 0 aliphatic carbocycles. The largest absolute Gasteiger partial charge is 0.496 e. The molecule has 124 valence electrons. The molecule has 1 aromatic carbocycles. The number of β-lactam (4-membered cyclic amide) rings is 1. The van der Waals surface area contributed by atoms with Gasteiger partial charge in [-0.3, -0.25) is 4.79 Å². The molecule has 1 amide bonds. The van der Waals surface area contributed by atoms with Crippen LogP contribution in [0.2, 0.25) is 0 Å². The molecule has 1 saturated heterocycles. The van der Waals surface area contributed by atoms with E-state index in [1.807, 2.05) is 47.7 Å². The number of fused-ring (bicyclic) bond motifs is 1. The van der Waals surface area contributed by atoms with E-state index >= 15 is 0 Å². The molecule has 0 spiro atoms. The van der Waals surface area contributed by atoms with Gasteiger partial charge in [0.15, 0.2) is 10.6 Å². The molecule has 0 saturated carbocycles. The monoisotopic (exact) mass is 369 g/mol. The Morgan fingerprint density at radius 1 is 1.30 bits per heavy atom. The van der Waals surface area contributed by atoms with Crippen molar-refractivity contribution in [2.75, 3.05) is 31.9 Å². The molecule has 23 heavy (non-hydrogen) atoms. The number of amides is 1. The standard InChI is InChI=1S/C16H19NO3S3/c1-19-13-15(21-2)23-10-9-17-14(18)12(16(13,17)22-3)20-11-7-5-4-6-8-11/h4-8,12H,9-10H2,1-3H3/t12-,16-/m1/s1. The molecule has 2 atom stereocenters. The molecule has 0 unspecified atom stereocenters. The molecular formula is C16H19NO3S3. The minimum atomic E-state index is -0.580. The third kappa shape index (κ3) is 2.62. The highest BCUT2D eigenvalue weighted by Crippen LogP contribution is 2.53. The quantitative estimate of drug-likeness (QED) is 0.742. The lowest BCUT2D eigenvalue weighted by Gasteiger charge is -2.55. The van der Waals surface area contributed by atoms with Crippen LogP contribution in [0.15, 0.2) is 40.3 Å². The number of hydrogen-bond acceptors (Lipinski definition) is 6. The van der Waals surface area contributed by atoms with Gasteiger partial charge in [-0.05, 0) is 24.6 Å². The van der Waals surface area contributed by atoms with E-state index in [1.54, 1.807) is 42.4 Å². The number of methoxy groups -OCH3 is 1. The van der Waals surface area contributed by atoms with E-state index in [-0.39, 0.29) is 5.91 Å². The first-order valence-electron chi connectivity index (χ1n) is 7.23. The van der Waals surface area contributed by atoms with Crippen LogP contribution in [0.25, 0.3) is 0 Å². The van der Waals surface area contributed by atoms with Gasteiger partial charge in [-0.2, -0.15) is 0 Å². The van der Waals surface area contributed by atoms with Gasteiger partial charge in [-0.1, -0.05) is 18.2 Å². The maximum Gasteiger partial charge on any atom is 0.269 e. The van der Waals surface area contributed by atoms with Crippen molar-refractivity contribution in [2.45, 2.75) is 11.0 Å². The Balaban J connectivity index is 2.01. The van der Waals surface area contributed by atoms with Crippen LogP contribution in [-0.4, -0.2) is 53.7 Å². The number of ether oxygens (including phenoxy) is 2. The second kappa shape index (κ2) is 6.91. The summed E-state index contributed by atoms with van der Waals surface area (Å²) < 4.78 is 12.9. The first-order valence-corrected chi connectivity index (χ1v) is 10.7. The van der Waals surface area contributed by atoms with Crippen molar-refractivity contribution in [3.63, 3.8) is 0 Å². The highest BCUT2D eigenvalue weighted by Gasteiger charge is 2.66. The summed E-state index contributed by atoms with van der Waals surface area (Å²) in [6.45, 7) is 0.704. The molecular weight excluding hydrogens is 350 g/mol. The van der Waals surface area contributed by atoms with Gasteiger partial charge in [0.2, 0.25) is 6.10 Å². The molecule has 7 heteroatoms. The molecule has 4 nitrogen and oxygen atoms in total. The zero-order chi connectivity index (χ0) is 16.4. The van der Waals surface area contributed by atoms with Crippen LogP contribution in [0, 0.1) is 0 Å². The van der Waals surface area contributed by atoms with Crippen LogP contribution in [0.5, 0.6) is 5.75 Å². The van der Waals surface area contributed by atoms with E-state index in [2.05, 4.69) is 0 Å². The summed E-state index contributed by atoms with van der Waals surface area (Å²) in [6.07, 6.45) is 3.49. The van der Waals surface area contributed by atoms with E-state index in [9.17, 15) is 4.79 Å². The molecule has 1 aromatic rings. The summed E-state index contributed by atoms with van der Waals surface area (Å²) in [6, 6.07) is 9.50. The van der Waals surface area contributed by atoms with Gasteiger partial charge in [0.25, 0.3) is 5.91 Å². The topological polar surface area (TPSA) is 38.8 Å². The van der Waals surface area contributed by atoms with Crippen LogP contribution in [0.3, 0.4) is 0 Å². The number of rotatable bonds is 5. The fourth-order valence-electron chi connectivity index (χ4n) is 2.96. The lowest BCUT2D eigenvalue weighted by atomic mass is 9.95. The van der Waals surface area contributed by atoms with E-state index in [4.69, 9.17) is 9.47 Å². The van der Waals surface area contributed by atoms with Crippen molar-refractivity contribution >= 4 is 41.2 Å². The first-order chi connectivity index (χ1) is 11.2. The predicted molar refractivity (Wildman–Crippen MR) is 98.8 cm³/mol. The minimum absolute atomic E-state index is 0.0284. The minimum Gasteiger partial charge on any atom is -0.496 e. The lowest BCUT2D eigenvalue weighted by molar-refractivity contribution is -0.166. The molecule has 1 fully saturated rings. The lowest BCUT2D eigenvalue weighted by Crippen LogP contribution is -2.75. The Hall–Kier alpha value is -0.920. The molecule has 2 aliphatic rings. The van der Waals surface area contributed by atoms with E-state index in [1.165, 1.54) is 0 Å². The number of nitrogens with zero attached hydrogens (tertiary/aromatic N) is 1. The normalized spacial score (nSPS) is 27.2. The van der Waals surface area contributed by atoms with Crippen LogP contribution in [0.1, 0.15) is 0 Å². The smallest absolute Gasteiger partial charge is 0.269 e. The Morgan fingerprint density at radius 3 is 2.65 bits per heavy atom. The van der Waals surface area contributed by atoms with Gasteiger partial charge in [0.1, 0.15) is 5.75 Å². The van der Waals surface area contributed by atoms with Crippen molar-refractivity contribution in [3.05, 3.63) is 40.3 Å². The summed E-state index contributed by atoms with van der Waals surface area (Å²) >= 11 is 5.02. The highest BCUT2D eigenvalue weighted by molar-refractivity contribution is 8.22. The SMILES string of the molecule is COC1=C(SC)SCCN2C(=O)[C@@H](Oc3ccccc3)[C@@]12SC. The second-order valence-corrected chi connectivity index (χ2v) is 8.29. The van der Waals surface area contributed by atoms with Gasteiger partial charge in [-0.15, -0.1) is 35.3 Å². The number of thioether (sulfide) groups is 3. The summed E-state index contributed by atoms with van der Waals surface area (Å²) in [5, 5.41) is 0. The molecule has 0 radical (unpaired) electrons. The van der Waals surface area contributed by atoms with Crippen LogP contribution >= 0.6 is 35.3 Å². The summed E-state index contributed by atoms with van der Waals surface area (Å²) in [4.78, 5) is 14.0. The van der Waals surface area contributed by atoms with Crippen molar-refractivity contribution in [1.82, 2.24) is 4.90 Å². The van der Waals surface area contributed by atoms with Crippen LogP contribution in [-0.2, 0) is 9.53 Å². The van der Waals surface area contributed by atoms with Crippen molar-refractivity contribution in [1.29, 1.82) is 0 Å². The molecule has 0 aromatic heterocycles. The van der Waals surface area contributed by atoms with Crippen LogP contribution < -0.4 is 4.74 Å². The van der Waals surface area contributed by atoms with Gasteiger partial charge >= 0.3 is 0 Å². The number of hydrogen-bond donors (Lipinski definition) is 0. The fourth-order valence-corrected chi connectivity index (χ4v) is 6.20. The molecule has 2 heterocycles.